The first-order valence-corrected chi connectivity index (χ1v) is 9.09. The monoisotopic (exact) mass is 371 g/mol. The standard InChI is InChI=1S/C20H25N3O4/c1-13(2)8-10-23-15-11-14(22-18(24)17-7-9-21-27-17)5-6-16(15)26-12-20(3,4)19(23)25/h5-7,9,11,13H,8,10,12H2,1-4H3,(H,22,24). The van der Waals surface area contributed by atoms with Gasteiger partial charge in [-0.3, -0.25) is 9.59 Å². The number of carbonyl (C=O) groups is 2. The number of benzene rings is 1. The minimum Gasteiger partial charge on any atom is -0.490 e. The highest BCUT2D eigenvalue weighted by Gasteiger charge is 2.37. The molecule has 2 aromatic rings. The van der Waals surface area contributed by atoms with Crippen LogP contribution in [0.3, 0.4) is 0 Å². The molecule has 0 atom stereocenters. The van der Waals surface area contributed by atoms with Crippen LogP contribution in [0.5, 0.6) is 5.75 Å². The second-order valence-electron chi connectivity index (χ2n) is 7.83. The Kier molecular flexibility index (Phi) is 5.21. The first kappa shape index (κ1) is 18.9. The Hall–Kier alpha value is -2.83. The van der Waals surface area contributed by atoms with Crippen molar-refractivity contribution in [1.82, 2.24) is 5.16 Å². The van der Waals surface area contributed by atoms with Gasteiger partial charge >= 0.3 is 0 Å². The molecule has 1 N–H and O–H groups in total. The van der Waals surface area contributed by atoms with Gasteiger partial charge in [0, 0.05) is 18.3 Å². The van der Waals surface area contributed by atoms with Crippen molar-refractivity contribution in [3.8, 4) is 5.75 Å². The highest BCUT2D eigenvalue weighted by atomic mass is 16.5. The lowest BCUT2D eigenvalue weighted by Crippen LogP contribution is -2.42. The number of rotatable bonds is 5. The second kappa shape index (κ2) is 7.42. The molecule has 1 aromatic carbocycles. The third-order valence-electron chi connectivity index (χ3n) is 4.51. The summed E-state index contributed by atoms with van der Waals surface area (Å²) >= 11 is 0. The molecule has 7 heteroatoms. The summed E-state index contributed by atoms with van der Waals surface area (Å²) in [7, 11) is 0. The van der Waals surface area contributed by atoms with Crippen LogP contribution in [0.2, 0.25) is 0 Å². The topological polar surface area (TPSA) is 84.7 Å². The van der Waals surface area contributed by atoms with E-state index in [9.17, 15) is 9.59 Å². The van der Waals surface area contributed by atoms with E-state index < -0.39 is 11.3 Å². The Morgan fingerprint density at radius 3 is 2.78 bits per heavy atom. The lowest BCUT2D eigenvalue weighted by molar-refractivity contribution is -0.127. The van der Waals surface area contributed by atoms with Crippen molar-refractivity contribution in [2.45, 2.75) is 34.1 Å². The van der Waals surface area contributed by atoms with Gasteiger partial charge in [0.2, 0.25) is 11.7 Å². The van der Waals surface area contributed by atoms with Crippen molar-refractivity contribution in [3.63, 3.8) is 0 Å². The Morgan fingerprint density at radius 2 is 2.11 bits per heavy atom. The van der Waals surface area contributed by atoms with Crippen molar-refractivity contribution in [2.24, 2.45) is 11.3 Å². The number of fused-ring (bicyclic) bond motifs is 1. The number of anilines is 2. The van der Waals surface area contributed by atoms with E-state index >= 15 is 0 Å². The summed E-state index contributed by atoms with van der Waals surface area (Å²) in [5, 5.41) is 6.31. The van der Waals surface area contributed by atoms with Gasteiger partial charge in [0.25, 0.3) is 5.91 Å². The zero-order valence-corrected chi connectivity index (χ0v) is 16.1. The van der Waals surface area contributed by atoms with Crippen molar-refractivity contribution in [3.05, 3.63) is 36.2 Å². The zero-order valence-electron chi connectivity index (χ0n) is 16.1. The fourth-order valence-corrected chi connectivity index (χ4v) is 2.86. The van der Waals surface area contributed by atoms with Gasteiger partial charge in [0.15, 0.2) is 0 Å². The molecule has 0 bridgehead atoms. The smallest absolute Gasteiger partial charge is 0.294 e. The number of hydrogen-bond acceptors (Lipinski definition) is 5. The maximum atomic E-state index is 13.1. The van der Waals surface area contributed by atoms with E-state index in [2.05, 4.69) is 24.3 Å². The molecule has 0 unspecified atom stereocenters. The van der Waals surface area contributed by atoms with Crippen LogP contribution in [-0.4, -0.2) is 30.1 Å². The third kappa shape index (κ3) is 4.13. The van der Waals surface area contributed by atoms with Crippen LogP contribution in [0.4, 0.5) is 11.4 Å². The summed E-state index contributed by atoms with van der Waals surface area (Å²) in [4.78, 5) is 27.1. The summed E-state index contributed by atoms with van der Waals surface area (Å²) in [5.41, 5.74) is 0.599. The molecular weight excluding hydrogens is 346 g/mol. The Balaban J connectivity index is 1.92. The number of nitrogens with zero attached hydrogens (tertiary/aromatic N) is 2. The van der Waals surface area contributed by atoms with Crippen molar-refractivity contribution >= 4 is 23.2 Å². The first-order chi connectivity index (χ1) is 12.8. The summed E-state index contributed by atoms with van der Waals surface area (Å²) < 4.78 is 10.8. The van der Waals surface area contributed by atoms with Crippen LogP contribution in [0, 0.1) is 11.3 Å². The molecule has 2 amide bonds. The van der Waals surface area contributed by atoms with Crippen molar-refractivity contribution in [1.29, 1.82) is 0 Å². The van der Waals surface area contributed by atoms with Gasteiger partial charge in [-0.1, -0.05) is 19.0 Å². The molecule has 0 radical (unpaired) electrons. The van der Waals surface area contributed by atoms with E-state index in [-0.39, 0.29) is 11.7 Å². The lowest BCUT2D eigenvalue weighted by atomic mass is 9.92. The van der Waals surface area contributed by atoms with Gasteiger partial charge in [-0.15, -0.1) is 0 Å². The average Bonchev–Trinajstić information content (AvgIpc) is 3.12. The Labute approximate surface area is 158 Å². The molecule has 1 aliphatic rings. The highest BCUT2D eigenvalue weighted by Crippen LogP contribution is 2.38. The van der Waals surface area contributed by atoms with E-state index in [0.29, 0.717) is 36.2 Å². The molecule has 0 fully saturated rings. The quantitative estimate of drug-likeness (QED) is 0.866. The highest BCUT2D eigenvalue weighted by molar-refractivity contribution is 6.04. The minimum absolute atomic E-state index is 0.0145. The maximum absolute atomic E-state index is 13.1. The summed E-state index contributed by atoms with van der Waals surface area (Å²) in [6.07, 6.45) is 2.28. The van der Waals surface area contributed by atoms with E-state index in [1.165, 1.54) is 12.3 Å². The first-order valence-electron chi connectivity index (χ1n) is 9.09. The van der Waals surface area contributed by atoms with Gasteiger partial charge < -0.3 is 19.5 Å². The fourth-order valence-electron chi connectivity index (χ4n) is 2.86. The molecule has 27 heavy (non-hydrogen) atoms. The van der Waals surface area contributed by atoms with Crippen LogP contribution in [-0.2, 0) is 4.79 Å². The van der Waals surface area contributed by atoms with Crippen LogP contribution in [0.1, 0.15) is 44.7 Å². The predicted molar refractivity (Wildman–Crippen MR) is 102 cm³/mol. The van der Waals surface area contributed by atoms with Crippen LogP contribution < -0.4 is 15.0 Å². The Bertz CT molecular complexity index is 828. The maximum Gasteiger partial charge on any atom is 0.294 e. The van der Waals surface area contributed by atoms with Crippen molar-refractivity contribution in [2.75, 3.05) is 23.4 Å². The minimum atomic E-state index is -0.626. The average molecular weight is 371 g/mol. The third-order valence-corrected chi connectivity index (χ3v) is 4.51. The van der Waals surface area contributed by atoms with E-state index in [1.807, 2.05) is 13.8 Å². The molecule has 0 spiro atoms. The zero-order chi connectivity index (χ0) is 19.6. The SMILES string of the molecule is CC(C)CCN1C(=O)C(C)(C)COc2ccc(NC(=O)c3ccno3)cc21. The molecule has 144 valence electrons. The normalized spacial score (nSPS) is 15.9. The molecule has 3 rings (SSSR count). The lowest BCUT2D eigenvalue weighted by Gasteiger charge is -2.28. The molecular formula is C20H25N3O4. The van der Waals surface area contributed by atoms with Gasteiger partial charge in [0.05, 0.1) is 17.3 Å². The summed E-state index contributed by atoms with van der Waals surface area (Å²) in [6.45, 7) is 8.92. The molecule has 0 saturated heterocycles. The van der Waals surface area contributed by atoms with E-state index in [1.54, 1.807) is 23.1 Å². The fraction of sp³-hybridized carbons (Fsp3) is 0.450. The van der Waals surface area contributed by atoms with Gasteiger partial charge in [0.1, 0.15) is 12.4 Å². The Morgan fingerprint density at radius 1 is 1.33 bits per heavy atom. The number of hydrogen-bond donors (Lipinski definition) is 1. The van der Waals surface area contributed by atoms with Crippen LogP contribution in [0.15, 0.2) is 35.0 Å². The molecule has 0 saturated carbocycles. The number of ether oxygens (including phenoxy) is 1. The van der Waals surface area contributed by atoms with Gasteiger partial charge in [-0.05, 0) is 44.4 Å². The number of amides is 2. The van der Waals surface area contributed by atoms with Crippen molar-refractivity contribution < 1.29 is 18.8 Å². The molecule has 7 nitrogen and oxygen atoms in total. The molecule has 1 aromatic heterocycles. The summed E-state index contributed by atoms with van der Waals surface area (Å²) in [6, 6.07) is 6.78. The molecule has 2 heterocycles. The number of nitrogens with one attached hydrogen (secondary N) is 1. The van der Waals surface area contributed by atoms with E-state index in [4.69, 9.17) is 9.26 Å². The largest absolute Gasteiger partial charge is 0.490 e. The summed E-state index contributed by atoms with van der Waals surface area (Å²) in [5.74, 6) is 0.830. The number of aromatic nitrogens is 1. The second-order valence-corrected chi connectivity index (χ2v) is 7.83. The molecule has 0 aliphatic carbocycles. The van der Waals surface area contributed by atoms with Gasteiger partial charge in [-0.25, -0.2) is 0 Å². The van der Waals surface area contributed by atoms with E-state index in [0.717, 1.165) is 6.42 Å². The number of carbonyl (C=O) groups excluding carboxylic acids is 2. The van der Waals surface area contributed by atoms with Crippen LogP contribution >= 0.6 is 0 Å². The predicted octanol–water partition coefficient (Wildman–Crippen LogP) is 3.72. The molecule has 1 aliphatic heterocycles. The van der Waals surface area contributed by atoms with Gasteiger partial charge in [-0.2, -0.15) is 0 Å². The van der Waals surface area contributed by atoms with Crippen LogP contribution in [0.25, 0.3) is 0 Å².